The van der Waals surface area contributed by atoms with E-state index in [9.17, 15) is 18.3 Å². The van der Waals surface area contributed by atoms with Crippen LogP contribution < -0.4 is 5.63 Å². The molecule has 7 heteroatoms. The molecule has 6 nitrogen and oxygen atoms in total. The highest BCUT2D eigenvalue weighted by Gasteiger charge is 2.09. The van der Waals surface area contributed by atoms with Crippen molar-refractivity contribution in [1.29, 1.82) is 0 Å². The van der Waals surface area contributed by atoms with Gasteiger partial charge in [-0.15, -0.1) is 0 Å². The molecule has 3 aromatic rings. The van der Waals surface area contributed by atoms with Crippen molar-refractivity contribution < 1.29 is 22.5 Å². The first-order valence-corrected chi connectivity index (χ1v) is 8.96. The number of hydrogen-bond acceptors (Lipinski definition) is 5. The molecule has 0 fully saturated rings. The number of benzene rings is 2. The first kappa shape index (κ1) is 18.7. The summed E-state index contributed by atoms with van der Waals surface area (Å²) in [7, 11) is -4.00. The smallest absolute Gasteiger partial charge is 0.339 e. The van der Waals surface area contributed by atoms with Gasteiger partial charge in [-0.1, -0.05) is 25.1 Å². The Morgan fingerprint density at radius 1 is 1.08 bits per heavy atom. The van der Waals surface area contributed by atoms with Gasteiger partial charge in [-0.3, -0.25) is 4.55 Å². The van der Waals surface area contributed by atoms with Crippen LogP contribution in [-0.2, 0) is 16.5 Å². The highest BCUT2D eigenvalue weighted by atomic mass is 32.2. The van der Waals surface area contributed by atoms with Crippen LogP contribution in [0.4, 0.5) is 0 Å². The zero-order valence-electron chi connectivity index (χ0n) is 13.8. The molecular formula is C18H18O6S. The molecule has 2 aromatic carbocycles. The number of hydrogen-bond donors (Lipinski definition) is 2. The van der Waals surface area contributed by atoms with E-state index in [0.29, 0.717) is 11.1 Å². The van der Waals surface area contributed by atoms with E-state index in [-0.39, 0.29) is 16.3 Å². The van der Waals surface area contributed by atoms with E-state index in [1.807, 2.05) is 6.92 Å². The number of fused-ring (bicyclic) bond motifs is 1. The number of phenols is 1. The zero-order chi connectivity index (χ0) is 18.6. The highest BCUT2D eigenvalue weighted by Crippen LogP contribution is 2.23. The summed E-state index contributed by atoms with van der Waals surface area (Å²) in [5.74, 6) is 0.108. The molecule has 0 saturated heterocycles. The van der Waals surface area contributed by atoms with Crippen LogP contribution in [-0.4, -0.2) is 18.1 Å². The summed E-state index contributed by atoms with van der Waals surface area (Å²) in [5, 5.41) is 10.2. The summed E-state index contributed by atoms with van der Waals surface area (Å²) in [6, 6.07) is 12.3. The van der Waals surface area contributed by atoms with E-state index < -0.39 is 10.1 Å². The molecule has 25 heavy (non-hydrogen) atoms. The van der Waals surface area contributed by atoms with Crippen molar-refractivity contribution in [2.75, 3.05) is 0 Å². The molecule has 0 spiro atoms. The molecule has 0 saturated carbocycles. The van der Waals surface area contributed by atoms with Crippen molar-refractivity contribution in [3.05, 3.63) is 70.1 Å². The van der Waals surface area contributed by atoms with Gasteiger partial charge in [0.15, 0.2) is 0 Å². The zero-order valence-corrected chi connectivity index (χ0v) is 14.6. The topological polar surface area (TPSA) is 105 Å². The van der Waals surface area contributed by atoms with Gasteiger partial charge >= 0.3 is 5.63 Å². The molecule has 0 atom stereocenters. The minimum atomic E-state index is -4.00. The predicted molar refractivity (Wildman–Crippen MR) is 94.5 cm³/mol. The first-order valence-electron chi connectivity index (χ1n) is 7.52. The lowest BCUT2D eigenvalue weighted by molar-refractivity contribution is 0.472. The van der Waals surface area contributed by atoms with E-state index in [4.69, 9.17) is 8.97 Å². The summed E-state index contributed by atoms with van der Waals surface area (Å²) in [6.07, 6.45) is 0.776. The fourth-order valence-electron chi connectivity index (χ4n) is 2.39. The van der Waals surface area contributed by atoms with Crippen LogP contribution in [0.25, 0.3) is 11.0 Å². The van der Waals surface area contributed by atoms with Crippen LogP contribution in [0.5, 0.6) is 5.75 Å². The number of phenolic OH excluding ortho intramolecular Hbond substituents is 1. The quantitative estimate of drug-likeness (QED) is 0.535. The van der Waals surface area contributed by atoms with E-state index in [2.05, 4.69) is 0 Å². The molecule has 132 valence electrons. The van der Waals surface area contributed by atoms with E-state index in [1.165, 1.54) is 18.2 Å². The second-order valence-corrected chi connectivity index (χ2v) is 6.74. The third kappa shape index (κ3) is 4.46. The molecule has 2 N–H and O–H groups in total. The lowest BCUT2D eigenvalue weighted by Crippen LogP contribution is -2.07. The van der Waals surface area contributed by atoms with Crippen LogP contribution in [0.2, 0.25) is 0 Å². The average molecular weight is 362 g/mol. The van der Waals surface area contributed by atoms with Crippen molar-refractivity contribution >= 4 is 21.1 Å². The maximum atomic E-state index is 11.5. The first-order chi connectivity index (χ1) is 11.7. The number of aromatic hydroxyl groups is 1. The third-order valence-electron chi connectivity index (χ3n) is 3.65. The van der Waals surface area contributed by atoms with Gasteiger partial charge < -0.3 is 9.52 Å². The minimum Gasteiger partial charge on any atom is -0.508 e. The second-order valence-electron chi connectivity index (χ2n) is 5.32. The maximum Gasteiger partial charge on any atom is 0.339 e. The van der Waals surface area contributed by atoms with Crippen molar-refractivity contribution in [2.45, 2.75) is 25.2 Å². The summed E-state index contributed by atoms with van der Waals surface area (Å²) >= 11 is 0. The average Bonchev–Trinajstić information content (AvgIpc) is 2.57. The molecule has 1 heterocycles. The van der Waals surface area contributed by atoms with Gasteiger partial charge in [-0.25, -0.2) is 4.79 Å². The minimum absolute atomic E-state index is 0.0741. The summed E-state index contributed by atoms with van der Waals surface area (Å²) in [4.78, 5) is 11.4. The Labute approximate surface area is 145 Å². The number of aryl methyl sites for hydroxylation is 1. The monoisotopic (exact) mass is 362 g/mol. The Hall–Kier alpha value is -2.64. The molecule has 0 aliphatic carbocycles. The van der Waals surface area contributed by atoms with Crippen molar-refractivity contribution in [3.8, 4) is 5.75 Å². The SMILES string of the molecule is CCc1c(C)c(=O)oc2cc(O)ccc12.O=S(=O)(O)c1ccccc1. The van der Waals surface area contributed by atoms with Gasteiger partial charge in [0.1, 0.15) is 11.3 Å². The Balaban J connectivity index is 0.000000196. The van der Waals surface area contributed by atoms with Gasteiger partial charge in [0, 0.05) is 17.0 Å². The fraction of sp³-hybridized carbons (Fsp3) is 0.167. The van der Waals surface area contributed by atoms with Gasteiger partial charge in [0.25, 0.3) is 10.1 Å². The third-order valence-corrected chi connectivity index (χ3v) is 4.51. The van der Waals surface area contributed by atoms with Gasteiger partial charge in [-0.2, -0.15) is 8.42 Å². The molecule has 0 aliphatic rings. The Morgan fingerprint density at radius 2 is 1.72 bits per heavy atom. The molecule has 0 aliphatic heterocycles. The number of rotatable bonds is 2. The van der Waals surface area contributed by atoms with Crippen LogP contribution in [0.3, 0.4) is 0 Å². The van der Waals surface area contributed by atoms with Crippen molar-refractivity contribution in [1.82, 2.24) is 0 Å². The van der Waals surface area contributed by atoms with Gasteiger partial charge in [0.2, 0.25) is 0 Å². The molecule has 1 aromatic heterocycles. The Bertz CT molecular complexity index is 1040. The fourth-order valence-corrected chi connectivity index (χ4v) is 2.90. The predicted octanol–water partition coefficient (Wildman–Crippen LogP) is 3.30. The molecule has 0 amide bonds. The Kier molecular flexibility index (Phi) is 5.61. The highest BCUT2D eigenvalue weighted by molar-refractivity contribution is 7.85. The largest absolute Gasteiger partial charge is 0.508 e. The van der Waals surface area contributed by atoms with E-state index in [1.54, 1.807) is 37.3 Å². The molecule has 0 bridgehead atoms. The molecular weight excluding hydrogens is 344 g/mol. The van der Waals surface area contributed by atoms with Crippen LogP contribution in [0.1, 0.15) is 18.1 Å². The van der Waals surface area contributed by atoms with Crippen LogP contribution in [0, 0.1) is 6.92 Å². The van der Waals surface area contributed by atoms with Crippen molar-refractivity contribution in [3.63, 3.8) is 0 Å². The van der Waals surface area contributed by atoms with Gasteiger partial charge in [-0.05, 0) is 43.2 Å². The lowest BCUT2D eigenvalue weighted by atomic mass is 10.0. The normalized spacial score (nSPS) is 11.0. The van der Waals surface area contributed by atoms with Crippen molar-refractivity contribution in [2.24, 2.45) is 0 Å². The Morgan fingerprint density at radius 3 is 2.24 bits per heavy atom. The van der Waals surface area contributed by atoms with E-state index >= 15 is 0 Å². The standard InChI is InChI=1S/C12H12O3.C6H6O3S/c1-3-9-7(2)12(14)15-11-6-8(13)4-5-10(9)11;7-10(8,9)6-4-2-1-3-5-6/h4-6,13H,3H2,1-2H3;1-5H,(H,7,8,9). The van der Waals surface area contributed by atoms with E-state index in [0.717, 1.165) is 17.4 Å². The molecule has 0 radical (unpaired) electrons. The summed E-state index contributed by atoms with van der Waals surface area (Å²) in [6.45, 7) is 3.75. The maximum absolute atomic E-state index is 11.5. The molecule has 3 rings (SSSR count). The lowest BCUT2D eigenvalue weighted by Gasteiger charge is -2.06. The van der Waals surface area contributed by atoms with Gasteiger partial charge in [0.05, 0.1) is 4.90 Å². The second kappa shape index (κ2) is 7.50. The molecule has 0 unspecified atom stereocenters. The van der Waals surface area contributed by atoms with Crippen LogP contribution >= 0.6 is 0 Å². The summed E-state index contributed by atoms with van der Waals surface area (Å²) in [5.41, 5.74) is 1.75. The van der Waals surface area contributed by atoms with Crippen LogP contribution in [0.15, 0.2) is 62.6 Å². The summed E-state index contributed by atoms with van der Waals surface area (Å²) < 4.78 is 34.3.